The van der Waals surface area contributed by atoms with Crippen molar-refractivity contribution in [1.29, 1.82) is 0 Å². The third kappa shape index (κ3) is 3.41. The molecule has 0 radical (unpaired) electrons. The van der Waals surface area contributed by atoms with Crippen LogP contribution in [-0.2, 0) is 4.79 Å². The smallest absolute Gasteiger partial charge is 0.323 e. The van der Waals surface area contributed by atoms with Gasteiger partial charge in [-0.15, -0.1) is 10.2 Å². The van der Waals surface area contributed by atoms with Gasteiger partial charge >= 0.3 is 5.97 Å². The highest BCUT2D eigenvalue weighted by atomic mass is 16.4. The summed E-state index contributed by atoms with van der Waals surface area (Å²) in [5.41, 5.74) is 0.232. The molecule has 18 heavy (non-hydrogen) atoms. The Morgan fingerprint density at radius 2 is 1.94 bits per heavy atom. The molecule has 0 fully saturated rings. The molecule has 0 atom stereocenters. The molecular formula is C11H16N4O3. The first-order valence-electron chi connectivity index (χ1n) is 5.47. The van der Waals surface area contributed by atoms with Crippen LogP contribution in [0.2, 0.25) is 0 Å². The monoisotopic (exact) mass is 252 g/mol. The minimum absolute atomic E-state index is 0.147. The molecule has 0 bridgehead atoms. The zero-order valence-corrected chi connectivity index (χ0v) is 10.6. The number of carbonyl (C=O) groups is 2. The first kappa shape index (κ1) is 13.9. The van der Waals surface area contributed by atoms with Gasteiger partial charge in [-0.3, -0.25) is 9.59 Å². The average Bonchev–Trinajstić information content (AvgIpc) is 2.35. The molecule has 1 aromatic rings. The minimum atomic E-state index is -0.938. The molecule has 0 aliphatic carbocycles. The van der Waals surface area contributed by atoms with E-state index in [0.717, 1.165) is 0 Å². The van der Waals surface area contributed by atoms with Crippen LogP contribution in [0.3, 0.4) is 0 Å². The topological polar surface area (TPSA) is 86.6 Å². The molecule has 1 heterocycles. The average molecular weight is 252 g/mol. The summed E-state index contributed by atoms with van der Waals surface area (Å²) < 4.78 is 0. The fraction of sp³-hybridized carbons (Fsp3) is 0.455. The summed E-state index contributed by atoms with van der Waals surface area (Å²) in [4.78, 5) is 25.2. The second-order valence-corrected chi connectivity index (χ2v) is 3.88. The SMILES string of the molecule is CCN(CC(=O)O)c1ccc(C(=O)N(C)C)nn1. The summed E-state index contributed by atoms with van der Waals surface area (Å²) >= 11 is 0. The van der Waals surface area contributed by atoms with Gasteiger partial charge in [0.1, 0.15) is 6.54 Å². The molecule has 0 aromatic carbocycles. The summed E-state index contributed by atoms with van der Waals surface area (Å²) in [6.45, 7) is 2.18. The van der Waals surface area contributed by atoms with E-state index in [2.05, 4.69) is 10.2 Å². The number of likely N-dealkylation sites (N-methyl/N-ethyl adjacent to an activating group) is 1. The van der Waals surface area contributed by atoms with E-state index < -0.39 is 5.97 Å². The molecule has 1 rings (SSSR count). The standard InChI is InChI=1S/C11H16N4O3/c1-4-15(7-10(16)17)9-6-5-8(12-13-9)11(18)14(2)3/h5-6H,4,7H2,1-3H3,(H,16,17). The van der Waals surface area contributed by atoms with E-state index in [1.165, 1.54) is 11.0 Å². The number of aromatic nitrogens is 2. The molecule has 0 aliphatic rings. The lowest BCUT2D eigenvalue weighted by molar-refractivity contribution is -0.135. The molecular weight excluding hydrogens is 236 g/mol. The van der Waals surface area contributed by atoms with Gasteiger partial charge in [-0.25, -0.2) is 0 Å². The third-order valence-electron chi connectivity index (χ3n) is 2.31. The van der Waals surface area contributed by atoms with E-state index in [4.69, 9.17) is 5.11 Å². The molecule has 1 aromatic heterocycles. The van der Waals surface area contributed by atoms with Crippen molar-refractivity contribution in [3.8, 4) is 0 Å². The molecule has 7 nitrogen and oxygen atoms in total. The molecule has 0 spiro atoms. The lowest BCUT2D eigenvalue weighted by Crippen LogP contribution is -2.30. The molecule has 98 valence electrons. The van der Waals surface area contributed by atoms with Gasteiger partial charge in [-0.1, -0.05) is 0 Å². The first-order valence-corrected chi connectivity index (χ1v) is 5.47. The third-order valence-corrected chi connectivity index (χ3v) is 2.31. The zero-order valence-electron chi connectivity index (χ0n) is 10.6. The molecule has 1 N–H and O–H groups in total. The molecule has 0 unspecified atom stereocenters. The Morgan fingerprint density at radius 3 is 2.33 bits per heavy atom. The molecule has 0 saturated carbocycles. The van der Waals surface area contributed by atoms with Crippen molar-refractivity contribution in [3.63, 3.8) is 0 Å². The van der Waals surface area contributed by atoms with Gasteiger partial charge in [0.25, 0.3) is 5.91 Å². The number of carboxylic acids is 1. The summed E-state index contributed by atoms with van der Waals surface area (Å²) in [6.07, 6.45) is 0. The number of rotatable bonds is 5. The van der Waals surface area contributed by atoms with E-state index >= 15 is 0 Å². The summed E-state index contributed by atoms with van der Waals surface area (Å²) in [5, 5.41) is 16.4. The van der Waals surface area contributed by atoms with Crippen LogP contribution in [0.15, 0.2) is 12.1 Å². The molecule has 7 heteroatoms. The maximum absolute atomic E-state index is 11.6. The number of nitrogens with zero attached hydrogens (tertiary/aromatic N) is 4. The Morgan fingerprint density at radius 1 is 1.28 bits per heavy atom. The summed E-state index contributed by atoms with van der Waals surface area (Å²) in [7, 11) is 3.25. The van der Waals surface area contributed by atoms with Gasteiger partial charge in [-0.2, -0.15) is 0 Å². The molecule has 0 saturated heterocycles. The van der Waals surface area contributed by atoms with Crippen molar-refractivity contribution >= 4 is 17.7 Å². The highest BCUT2D eigenvalue weighted by molar-refractivity contribution is 5.91. The number of hydrogen-bond acceptors (Lipinski definition) is 5. The summed E-state index contributed by atoms with van der Waals surface area (Å²) in [6, 6.07) is 3.13. The number of aliphatic carboxylic acids is 1. The van der Waals surface area contributed by atoms with Crippen LogP contribution in [-0.4, -0.2) is 59.3 Å². The van der Waals surface area contributed by atoms with Crippen molar-refractivity contribution in [2.45, 2.75) is 6.92 Å². The minimum Gasteiger partial charge on any atom is -0.480 e. The molecule has 1 amide bonds. The number of amides is 1. The number of carboxylic acid groups (broad SMARTS) is 1. The van der Waals surface area contributed by atoms with Crippen molar-refractivity contribution in [3.05, 3.63) is 17.8 Å². The lowest BCUT2D eigenvalue weighted by atomic mass is 10.3. The Hall–Kier alpha value is -2.18. The predicted molar refractivity (Wildman–Crippen MR) is 65.6 cm³/mol. The zero-order chi connectivity index (χ0) is 13.7. The Labute approximate surface area is 105 Å². The first-order chi connectivity index (χ1) is 8.45. The van der Waals surface area contributed by atoms with Crippen LogP contribution >= 0.6 is 0 Å². The van der Waals surface area contributed by atoms with E-state index in [-0.39, 0.29) is 18.1 Å². The van der Waals surface area contributed by atoms with Crippen molar-refractivity contribution in [1.82, 2.24) is 15.1 Å². The van der Waals surface area contributed by atoms with Gasteiger partial charge < -0.3 is 14.9 Å². The maximum Gasteiger partial charge on any atom is 0.323 e. The van der Waals surface area contributed by atoms with Gasteiger partial charge in [0.2, 0.25) is 0 Å². The van der Waals surface area contributed by atoms with Gasteiger partial charge in [0.15, 0.2) is 11.5 Å². The van der Waals surface area contributed by atoms with Crippen molar-refractivity contribution < 1.29 is 14.7 Å². The van der Waals surface area contributed by atoms with Crippen molar-refractivity contribution in [2.24, 2.45) is 0 Å². The number of hydrogen-bond donors (Lipinski definition) is 1. The number of carbonyl (C=O) groups excluding carboxylic acids is 1. The Bertz CT molecular complexity index is 430. The predicted octanol–water partition coefficient (Wildman–Crippen LogP) is 0.0893. The largest absolute Gasteiger partial charge is 0.480 e. The Balaban J connectivity index is 2.87. The van der Waals surface area contributed by atoms with Crippen LogP contribution in [0.5, 0.6) is 0 Å². The molecule has 0 aliphatic heterocycles. The highest BCUT2D eigenvalue weighted by Crippen LogP contribution is 2.09. The number of anilines is 1. The van der Waals surface area contributed by atoms with E-state index in [1.54, 1.807) is 25.1 Å². The quantitative estimate of drug-likeness (QED) is 0.799. The van der Waals surface area contributed by atoms with Crippen LogP contribution in [0, 0.1) is 0 Å². The second-order valence-electron chi connectivity index (χ2n) is 3.88. The van der Waals surface area contributed by atoms with Gasteiger partial charge in [0.05, 0.1) is 0 Å². The Kier molecular flexibility index (Phi) is 4.59. The highest BCUT2D eigenvalue weighted by Gasteiger charge is 2.13. The fourth-order valence-electron chi connectivity index (χ4n) is 1.36. The normalized spacial score (nSPS) is 9.94. The van der Waals surface area contributed by atoms with Crippen LogP contribution in [0.4, 0.5) is 5.82 Å². The second kappa shape index (κ2) is 5.95. The van der Waals surface area contributed by atoms with Gasteiger partial charge in [-0.05, 0) is 19.1 Å². The van der Waals surface area contributed by atoms with E-state index in [9.17, 15) is 9.59 Å². The maximum atomic E-state index is 11.6. The van der Waals surface area contributed by atoms with Crippen LogP contribution < -0.4 is 4.90 Å². The summed E-state index contributed by atoms with van der Waals surface area (Å²) in [5.74, 6) is -0.738. The fourth-order valence-corrected chi connectivity index (χ4v) is 1.36. The lowest BCUT2D eigenvalue weighted by Gasteiger charge is -2.18. The van der Waals surface area contributed by atoms with E-state index in [1.807, 2.05) is 6.92 Å². The van der Waals surface area contributed by atoms with Gasteiger partial charge in [0, 0.05) is 20.6 Å². The van der Waals surface area contributed by atoms with E-state index in [0.29, 0.717) is 12.4 Å². The van der Waals surface area contributed by atoms with Crippen LogP contribution in [0.25, 0.3) is 0 Å². The van der Waals surface area contributed by atoms with Crippen molar-refractivity contribution in [2.75, 3.05) is 32.1 Å². The van der Waals surface area contributed by atoms with Crippen LogP contribution in [0.1, 0.15) is 17.4 Å².